The number of aryl methyl sites for hydroxylation is 1. The van der Waals surface area contributed by atoms with Gasteiger partial charge in [0.2, 0.25) is 0 Å². The summed E-state index contributed by atoms with van der Waals surface area (Å²) in [4.78, 5) is 13.4. The molecule has 0 aliphatic carbocycles. The summed E-state index contributed by atoms with van der Waals surface area (Å²) >= 11 is 1.46. The maximum Gasteiger partial charge on any atom is 0.144 e. The van der Waals surface area contributed by atoms with Crippen LogP contribution in [0.3, 0.4) is 0 Å². The van der Waals surface area contributed by atoms with Crippen molar-refractivity contribution in [2.75, 3.05) is 0 Å². The number of thiazole rings is 1. The van der Waals surface area contributed by atoms with Crippen LogP contribution >= 0.6 is 11.3 Å². The van der Waals surface area contributed by atoms with Gasteiger partial charge >= 0.3 is 0 Å². The molecule has 78 valence electrons. The van der Waals surface area contributed by atoms with E-state index in [1.807, 2.05) is 6.92 Å². The highest BCUT2D eigenvalue weighted by atomic mass is 32.1. The quantitative estimate of drug-likeness (QED) is 0.842. The number of aromatic nitrogens is 3. The average molecular weight is 221 g/mol. The molecule has 0 saturated heterocycles. The van der Waals surface area contributed by atoms with Crippen LogP contribution in [-0.4, -0.2) is 20.1 Å². The van der Waals surface area contributed by atoms with E-state index in [1.54, 1.807) is 25.5 Å². The van der Waals surface area contributed by atoms with Gasteiger partial charge in [0.25, 0.3) is 0 Å². The van der Waals surface area contributed by atoms with E-state index >= 15 is 0 Å². The van der Waals surface area contributed by atoms with Gasteiger partial charge in [-0.2, -0.15) is 0 Å². The van der Waals surface area contributed by atoms with Crippen molar-refractivity contribution in [3.8, 4) is 10.7 Å². The first-order chi connectivity index (χ1) is 7.18. The Morgan fingerprint density at radius 1 is 1.40 bits per heavy atom. The summed E-state index contributed by atoms with van der Waals surface area (Å²) in [6.45, 7) is 3.62. The predicted octanol–water partition coefficient (Wildman–Crippen LogP) is 1.96. The van der Waals surface area contributed by atoms with Crippen molar-refractivity contribution in [3.05, 3.63) is 29.2 Å². The largest absolute Gasteiger partial charge is 0.388 e. The Bertz CT molecular complexity index is 453. The topological polar surface area (TPSA) is 58.9 Å². The van der Waals surface area contributed by atoms with Crippen LogP contribution in [0.5, 0.6) is 0 Å². The molecule has 0 fully saturated rings. The van der Waals surface area contributed by atoms with E-state index in [9.17, 15) is 5.11 Å². The van der Waals surface area contributed by atoms with E-state index in [1.165, 1.54) is 11.3 Å². The van der Waals surface area contributed by atoms with Crippen LogP contribution in [0.15, 0.2) is 18.6 Å². The third kappa shape index (κ3) is 2.03. The maximum atomic E-state index is 9.50. The Morgan fingerprint density at radius 3 is 2.73 bits per heavy atom. The lowest BCUT2D eigenvalue weighted by Gasteiger charge is -1.98. The molecule has 2 aromatic rings. The second-order valence-corrected chi connectivity index (χ2v) is 4.27. The molecule has 0 radical (unpaired) electrons. The lowest BCUT2D eigenvalue weighted by atomic mass is 10.3. The minimum absolute atomic E-state index is 0.479. The lowest BCUT2D eigenvalue weighted by molar-refractivity contribution is 0.202. The zero-order valence-electron chi connectivity index (χ0n) is 8.51. The van der Waals surface area contributed by atoms with Gasteiger partial charge in [-0.25, -0.2) is 4.98 Å². The minimum Gasteiger partial charge on any atom is -0.388 e. The zero-order chi connectivity index (χ0) is 10.8. The highest BCUT2D eigenvalue weighted by Gasteiger charge is 2.13. The van der Waals surface area contributed by atoms with Gasteiger partial charge in [-0.15, -0.1) is 11.3 Å². The fourth-order valence-corrected chi connectivity index (χ4v) is 2.28. The van der Waals surface area contributed by atoms with Crippen LogP contribution in [0.1, 0.15) is 23.6 Å². The fraction of sp³-hybridized carbons (Fsp3) is 0.300. The van der Waals surface area contributed by atoms with Gasteiger partial charge in [-0.05, 0) is 13.8 Å². The van der Waals surface area contributed by atoms with E-state index in [-0.39, 0.29) is 0 Å². The summed E-state index contributed by atoms with van der Waals surface area (Å²) in [6.07, 6.45) is 4.45. The second-order valence-electron chi connectivity index (χ2n) is 3.24. The summed E-state index contributed by atoms with van der Waals surface area (Å²) < 4.78 is 0. The lowest BCUT2D eigenvalue weighted by Crippen LogP contribution is -1.88. The van der Waals surface area contributed by atoms with Crippen molar-refractivity contribution in [3.63, 3.8) is 0 Å². The highest BCUT2D eigenvalue weighted by Crippen LogP contribution is 2.29. The van der Waals surface area contributed by atoms with Crippen molar-refractivity contribution in [2.45, 2.75) is 20.0 Å². The normalized spacial score (nSPS) is 12.7. The van der Waals surface area contributed by atoms with E-state index in [0.29, 0.717) is 0 Å². The second kappa shape index (κ2) is 4.04. The smallest absolute Gasteiger partial charge is 0.144 e. The molecule has 5 heteroatoms. The Balaban J connectivity index is 2.43. The zero-order valence-corrected chi connectivity index (χ0v) is 9.32. The molecule has 1 N–H and O–H groups in total. The Kier molecular flexibility index (Phi) is 2.75. The van der Waals surface area contributed by atoms with Gasteiger partial charge in [0.15, 0.2) is 0 Å². The van der Waals surface area contributed by atoms with Crippen LogP contribution in [0, 0.1) is 6.92 Å². The van der Waals surface area contributed by atoms with Crippen molar-refractivity contribution >= 4 is 11.3 Å². The summed E-state index contributed by atoms with van der Waals surface area (Å²) in [5.41, 5.74) is 1.60. The summed E-state index contributed by atoms with van der Waals surface area (Å²) in [7, 11) is 0. The molecule has 0 bridgehead atoms. The first-order valence-corrected chi connectivity index (χ1v) is 5.42. The number of rotatable bonds is 2. The first-order valence-electron chi connectivity index (χ1n) is 4.60. The van der Waals surface area contributed by atoms with Crippen molar-refractivity contribution in [2.24, 2.45) is 0 Å². The SMILES string of the molecule is Cc1nc(-c2cnccn2)sc1C(C)O. The van der Waals surface area contributed by atoms with Crippen molar-refractivity contribution < 1.29 is 5.11 Å². The van der Waals surface area contributed by atoms with Gasteiger partial charge < -0.3 is 5.11 Å². The maximum absolute atomic E-state index is 9.50. The molecule has 2 aromatic heterocycles. The Hall–Kier alpha value is -1.33. The predicted molar refractivity (Wildman–Crippen MR) is 58.5 cm³/mol. The van der Waals surface area contributed by atoms with E-state index < -0.39 is 6.10 Å². The molecule has 0 aliphatic rings. The molecular formula is C10H11N3OS. The number of hydrogen-bond donors (Lipinski definition) is 1. The molecule has 15 heavy (non-hydrogen) atoms. The summed E-state index contributed by atoms with van der Waals surface area (Å²) in [6, 6.07) is 0. The molecule has 4 nitrogen and oxygen atoms in total. The third-order valence-electron chi connectivity index (χ3n) is 1.99. The number of aliphatic hydroxyl groups excluding tert-OH is 1. The Morgan fingerprint density at radius 2 is 2.20 bits per heavy atom. The van der Waals surface area contributed by atoms with Crippen LogP contribution < -0.4 is 0 Å². The van der Waals surface area contributed by atoms with Crippen LogP contribution in [0.4, 0.5) is 0 Å². The molecule has 2 rings (SSSR count). The first kappa shape index (κ1) is 10.2. The van der Waals surface area contributed by atoms with Crippen LogP contribution in [-0.2, 0) is 0 Å². The summed E-state index contributed by atoms with van der Waals surface area (Å²) in [5.74, 6) is 0. The molecule has 2 heterocycles. The van der Waals surface area contributed by atoms with E-state index in [0.717, 1.165) is 21.3 Å². The standard InChI is InChI=1S/C10H11N3OS/c1-6-9(7(2)14)15-10(13-6)8-5-11-3-4-12-8/h3-5,7,14H,1-2H3. The third-order valence-corrected chi connectivity index (χ3v) is 3.34. The van der Waals surface area contributed by atoms with Crippen molar-refractivity contribution in [1.82, 2.24) is 15.0 Å². The molecule has 1 unspecified atom stereocenters. The number of nitrogens with zero attached hydrogens (tertiary/aromatic N) is 3. The summed E-state index contributed by atoms with van der Waals surface area (Å²) in [5, 5.41) is 10.3. The van der Waals surface area contributed by atoms with Gasteiger partial charge in [-0.1, -0.05) is 0 Å². The van der Waals surface area contributed by atoms with Crippen LogP contribution in [0.25, 0.3) is 10.7 Å². The molecular weight excluding hydrogens is 210 g/mol. The molecule has 0 aliphatic heterocycles. The fourth-order valence-electron chi connectivity index (χ4n) is 1.31. The van der Waals surface area contributed by atoms with Gasteiger partial charge in [0.1, 0.15) is 10.7 Å². The molecule has 0 saturated carbocycles. The number of hydrogen-bond acceptors (Lipinski definition) is 5. The number of aliphatic hydroxyl groups is 1. The van der Waals surface area contributed by atoms with Gasteiger partial charge in [0, 0.05) is 12.4 Å². The molecule has 0 amide bonds. The molecule has 1 atom stereocenters. The van der Waals surface area contributed by atoms with Crippen LogP contribution in [0.2, 0.25) is 0 Å². The monoisotopic (exact) mass is 221 g/mol. The average Bonchev–Trinajstić information content (AvgIpc) is 2.62. The van der Waals surface area contributed by atoms with Crippen molar-refractivity contribution in [1.29, 1.82) is 0 Å². The molecule has 0 spiro atoms. The van der Waals surface area contributed by atoms with E-state index in [2.05, 4.69) is 15.0 Å². The Labute approximate surface area is 91.7 Å². The highest BCUT2D eigenvalue weighted by molar-refractivity contribution is 7.15. The van der Waals surface area contributed by atoms with E-state index in [4.69, 9.17) is 0 Å². The van der Waals surface area contributed by atoms with Gasteiger partial charge in [-0.3, -0.25) is 9.97 Å². The van der Waals surface area contributed by atoms with Gasteiger partial charge in [0.05, 0.1) is 22.9 Å². The molecule has 0 aromatic carbocycles. The minimum atomic E-state index is -0.479.